The molecule has 6 nitrogen and oxygen atoms in total. The highest BCUT2D eigenvalue weighted by Gasteiger charge is 2.26. The predicted octanol–water partition coefficient (Wildman–Crippen LogP) is 5.41. The predicted molar refractivity (Wildman–Crippen MR) is 119 cm³/mol. The van der Waals surface area contributed by atoms with Crippen LogP contribution in [0.1, 0.15) is 45.2 Å². The van der Waals surface area contributed by atoms with E-state index in [2.05, 4.69) is 10.6 Å². The molecule has 1 aromatic carbocycles. The van der Waals surface area contributed by atoms with Crippen LogP contribution in [0.5, 0.6) is 11.5 Å². The van der Waals surface area contributed by atoms with Gasteiger partial charge < -0.3 is 24.5 Å². The van der Waals surface area contributed by atoms with Gasteiger partial charge in [0.1, 0.15) is 28.0 Å². The van der Waals surface area contributed by atoms with Crippen molar-refractivity contribution in [1.29, 1.82) is 0 Å². The molecule has 7 heteroatoms. The molecule has 1 aliphatic rings. The topological polar surface area (TPSA) is 72.7 Å². The molecule has 0 spiro atoms. The summed E-state index contributed by atoms with van der Waals surface area (Å²) < 4.78 is 16.4. The molecule has 0 saturated carbocycles. The van der Waals surface area contributed by atoms with Crippen molar-refractivity contribution in [3.8, 4) is 11.5 Å². The lowest BCUT2D eigenvalue weighted by molar-refractivity contribution is 0.102. The molecule has 158 valence electrons. The maximum absolute atomic E-state index is 13.4. The van der Waals surface area contributed by atoms with Gasteiger partial charge >= 0.3 is 0 Å². The number of fused-ring (bicyclic) bond motifs is 1. The summed E-state index contributed by atoms with van der Waals surface area (Å²) in [6.45, 7) is 2.46. The van der Waals surface area contributed by atoms with Crippen LogP contribution < -0.4 is 20.1 Å². The van der Waals surface area contributed by atoms with Gasteiger partial charge in [0.05, 0.1) is 32.0 Å². The summed E-state index contributed by atoms with van der Waals surface area (Å²) in [6, 6.07) is 9.26. The van der Waals surface area contributed by atoms with E-state index in [1.165, 1.54) is 4.88 Å². The molecular formula is C23H26N2O4S. The van der Waals surface area contributed by atoms with Crippen LogP contribution in [0.3, 0.4) is 0 Å². The average molecular weight is 427 g/mol. The van der Waals surface area contributed by atoms with Gasteiger partial charge in [-0.3, -0.25) is 4.79 Å². The summed E-state index contributed by atoms with van der Waals surface area (Å²) in [5.74, 6) is 2.83. The van der Waals surface area contributed by atoms with E-state index in [1.54, 1.807) is 43.8 Å². The SMILES string of the molecule is COc1ccc(OC)c(NC(=O)c2c(NCc3ccc(C)o3)sc3c2CCCC3)c1. The fraction of sp³-hybridized carbons (Fsp3) is 0.348. The van der Waals surface area contributed by atoms with E-state index < -0.39 is 0 Å². The van der Waals surface area contributed by atoms with Crippen LogP contribution in [-0.2, 0) is 19.4 Å². The van der Waals surface area contributed by atoms with Gasteiger partial charge in [0.25, 0.3) is 5.91 Å². The average Bonchev–Trinajstić information content (AvgIpc) is 3.34. The van der Waals surface area contributed by atoms with E-state index >= 15 is 0 Å². The van der Waals surface area contributed by atoms with E-state index in [-0.39, 0.29) is 5.91 Å². The normalized spacial score (nSPS) is 12.9. The first-order valence-corrected chi connectivity index (χ1v) is 10.9. The molecule has 1 aliphatic carbocycles. The summed E-state index contributed by atoms with van der Waals surface area (Å²) in [5, 5.41) is 7.34. The summed E-state index contributed by atoms with van der Waals surface area (Å²) in [5.41, 5.74) is 2.47. The molecule has 0 fully saturated rings. The van der Waals surface area contributed by atoms with Crippen LogP contribution in [0.15, 0.2) is 34.7 Å². The Morgan fingerprint density at radius 3 is 2.70 bits per heavy atom. The fourth-order valence-corrected chi connectivity index (χ4v) is 5.06. The zero-order valence-electron chi connectivity index (χ0n) is 17.5. The van der Waals surface area contributed by atoms with Gasteiger partial charge in [-0.05, 0) is 62.4 Å². The van der Waals surface area contributed by atoms with Gasteiger partial charge in [-0.2, -0.15) is 0 Å². The number of carbonyl (C=O) groups excluding carboxylic acids is 1. The third kappa shape index (κ3) is 4.16. The number of hydrogen-bond acceptors (Lipinski definition) is 6. The van der Waals surface area contributed by atoms with Crippen molar-refractivity contribution in [2.75, 3.05) is 24.9 Å². The first kappa shape index (κ1) is 20.3. The van der Waals surface area contributed by atoms with Gasteiger partial charge in [-0.25, -0.2) is 0 Å². The Kier molecular flexibility index (Phi) is 5.99. The zero-order valence-corrected chi connectivity index (χ0v) is 18.3. The molecule has 2 heterocycles. The number of amides is 1. The van der Waals surface area contributed by atoms with E-state index in [1.807, 2.05) is 19.1 Å². The molecule has 0 unspecified atom stereocenters. The molecule has 3 aromatic rings. The molecule has 1 amide bonds. The smallest absolute Gasteiger partial charge is 0.259 e. The lowest BCUT2D eigenvalue weighted by atomic mass is 9.95. The molecule has 2 N–H and O–H groups in total. The molecule has 2 aromatic heterocycles. The van der Waals surface area contributed by atoms with Crippen molar-refractivity contribution in [3.05, 3.63) is 57.9 Å². The number of furan rings is 1. The summed E-state index contributed by atoms with van der Waals surface area (Å²) in [7, 11) is 3.18. The molecule has 0 radical (unpaired) electrons. The Morgan fingerprint density at radius 1 is 1.13 bits per heavy atom. The molecular weight excluding hydrogens is 400 g/mol. The molecule has 0 aliphatic heterocycles. The number of benzene rings is 1. The minimum Gasteiger partial charge on any atom is -0.497 e. The van der Waals surface area contributed by atoms with Crippen molar-refractivity contribution in [1.82, 2.24) is 0 Å². The number of ether oxygens (including phenoxy) is 2. The van der Waals surface area contributed by atoms with Crippen LogP contribution in [0.4, 0.5) is 10.7 Å². The number of hydrogen-bond donors (Lipinski definition) is 2. The van der Waals surface area contributed by atoms with Crippen molar-refractivity contribution in [2.24, 2.45) is 0 Å². The molecule has 0 saturated heterocycles. The summed E-state index contributed by atoms with van der Waals surface area (Å²) in [4.78, 5) is 14.7. The lowest BCUT2D eigenvalue weighted by Gasteiger charge is -2.15. The van der Waals surface area contributed by atoms with Crippen molar-refractivity contribution in [3.63, 3.8) is 0 Å². The summed E-state index contributed by atoms with van der Waals surface area (Å²) >= 11 is 1.67. The van der Waals surface area contributed by atoms with E-state index in [0.717, 1.165) is 53.3 Å². The lowest BCUT2D eigenvalue weighted by Crippen LogP contribution is -2.17. The molecule has 4 rings (SSSR count). The van der Waals surface area contributed by atoms with Crippen molar-refractivity contribution < 1.29 is 18.7 Å². The minimum absolute atomic E-state index is 0.140. The van der Waals surface area contributed by atoms with Crippen LogP contribution in [0.2, 0.25) is 0 Å². The first-order valence-electron chi connectivity index (χ1n) is 10.1. The van der Waals surface area contributed by atoms with Crippen LogP contribution in [0, 0.1) is 6.92 Å². The number of thiophene rings is 1. The monoisotopic (exact) mass is 426 g/mol. The second-order valence-electron chi connectivity index (χ2n) is 7.30. The highest BCUT2D eigenvalue weighted by molar-refractivity contribution is 7.16. The first-order chi connectivity index (χ1) is 14.6. The van der Waals surface area contributed by atoms with E-state index in [4.69, 9.17) is 13.9 Å². The largest absolute Gasteiger partial charge is 0.497 e. The summed E-state index contributed by atoms with van der Waals surface area (Å²) in [6.07, 6.45) is 4.20. The maximum Gasteiger partial charge on any atom is 0.259 e. The highest BCUT2D eigenvalue weighted by atomic mass is 32.1. The fourth-order valence-electron chi connectivity index (χ4n) is 3.77. The zero-order chi connectivity index (χ0) is 21.1. The van der Waals surface area contributed by atoms with E-state index in [9.17, 15) is 4.79 Å². The van der Waals surface area contributed by atoms with Gasteiger partial charge in [0.15, 0.2) is 0 Å². The van der Waals surface area contributed by atoms with Gasteiger partial charge in [-0.1, -0.05) is 0 Å². The van der Waals surface area contributed by atoms with Gasteiger partial charge in [0, 0.05) is 10.9 Å². The standard InChI is InChI=1S/C23H26N2O4S/c1-14-8-9-16(29-14)13-24-23-21(17-6-4-5-7-20(17)30-23)22(26)25-18-12-15(27-2)10-11-19(18)28-3/h8-12,24H,4-7,13H2,1-3H3,(H,25,26). The van der Waals surface area contributed by atoms with Crippen molar-refractivity contribution >= 4 is 27.9 Å². The Hall–Kier alpha value is -2.93. The number of anilines is 2. The minimum atomic E-state index is -0.140. The Morgan fingerprint density at radius 2 is 1.97 bits per heavy atom. The Labute approximate surface area is 180 Å². The number of carbonyl (C=O) groups is 1. The van der Waals surface area contributed by atoms with Gasteiger partial charge in [0.2, 0.25) is 0 Å². The quantitative estimate of drug-likeness (QED) is 0.528. The number of nitrogens with one attached hydrogen (secondary N) is 2. The van der Waals surface area contributed by atoms with E-state index in [0.29, 0.717) is 23.7 Å². The highest BCUT2D eigenvalue weighted by Crippen LogP contribution is 2.39. The third-order valence-electron chi connectivity index (χ3n) is 5.27. The number of rotatable bonds is 7. The number of methoxy groups -OCH3 is 2. The second-order valence-corrected chi connectivity index (χ2v) is 8.41. The van der Waals surface area contributed by atoms with Crippen LogP contribution >= 0.6 is 11.3 Å². The van der Waals surface area contributed by atoms with Crippen LogP contribution in [-0.4, -0.2) is 20.1 Å². The molecule has 0 bridgehead atoms. The third-order valence-corrected chi connectivity index (χ3v) is 6.52. The van der Waals surface area contributed by atoms with Gasteiger partial charge in [-0.15, -0.1) is 11.3 Å². The molecule has 0 atom stereocenters. The second kappa shape index (κ2) is 8.83. The maximum atomic E-state index is 13.4. The Balaban J connectivity index is 1.63. The van der Waals surface area contributed by atoms with Crippen molar-refractivity contribution in [2.45, 2.75) is 39.2 Å². The Bertz CT molecular complexity index is 1050. The number of aryl methyl sites for hydroxylation is 2. The van der Waals surface area contributed by atoms with Crippen LogP contribution in [0.25, 0.3) is 0 Å². The molecule has 30 heavy (non-hydrogen) atoms.